The molecule has 0 radical (unpaired) electrons. The molecule has 0 aliphatic carbocycles. The average molecular weight is 456 g/mol. The van der Waals surface area contributed by atoms with Crippen LogP contribution in [0.3, 0.4) is 0 Å². The van der Waals surface area contributed by atoms with Crippen LogP contribution in [0.15, 0.2) is 64.1 Å². The summed E-state index contributed by atoms with van der Waals surface area (Å²) in [4.78, 5) is 33.3. The van der Waals surface area contributed by atoms with E-state index in [1.54, 1.807) is 43.6 Å². The predicted octanol–water partition coefficient (Wildman–Crippen LogP) is 4.57. The molecule has 0 saturated heterocycles. The number of methoxy groups -OCH3 is 2. The second-order valence-electron chi connectivity index (χ2n) is 8.44. The van der Waals surface area contributed by atoms with Crippen molar-refractivity contribution in [3.05, 3.63) is 98.7 Å². The fraction of sp³-hybridized carbons (Fsp3) is 0.222. The van der Waals surface area contributed by atoms with Crippen molar-refractivity contribution in [1.82, 2.24) is 9.88 Å². The summed E-state index contributed by atoms with van der Waals surface area (Å²) >= 11 is 0. The Morgan fingerprint density at radius 2 is 1.82 bits per heavy atom. The maximum atomic E-state index is 13.8. The lowest BCUT2D eigenvalue weighted by Gasteiger charge is -2.25. The molecule has 0 fully saturated rings. The zero-order valence-corrected chi connectivity index (χ0v) is 19.4. The van der Waals surface area contributed by atoms with Crippen LogP contribution in [0, 0.1) is 13.8 Å². The van der Waals surface area contributed by atoms with E-state index in [1.165, 1.54) is 0 Å². The molecule has 0 N–H and O–H groups in total. The zero-order chi connectivity index (χ0) is 24.0. The number of pyridine rings is 1. The third-order valence-electron chi connectivity index (χ3n) is 6.20. The molecule has 7 nitrogen and oxygen atoms in total. The van der Waals surface area contributed by atoms with Gasteiger partial charge in [0, 0.05) is 18.9 Å². The van der Waals surface area contributed by atoms with E-state index in [-0.39, 0.29) is 23.6 Å². The van der Waals surface area contributed by atoms with Crippen molar-refractivity contribution in [2.45, 2.75) is 26.4 Å². The van der Waals surface area contributed by atoms with E-state index in [0.717, 1.165) is 22.3 Å². The number of hydrogen-bond donors (Lipinski definition) is 0. The summed E-state index contributed by atoms with van der Waals surface area (Å²) in [5.74, 6) is 0.816. The maximum absolute atomic E-state index is 13.8. The van der Waals surface area contributed by atoms with E-state index >= 15 is 0 Å². The van der Waals surface area contributed by atoms with Crippen molar-refractivity contribution < 1.29 is 18.7 Å². The number of nitrogens with zero attached hydrogens (tertiary/aromatic N) is 2. The van der Waals surface area contributed by atoms with Crippen LogP contribution in [0.25, 0.3) is 11.0 Å². The quantitative estimate of drug-likeness (QED) is 0.438. The molecule has 7 heteroatoms. The summed E-state index contributed by atoms with van der Waals surface area (Å²) in [6.45, 7) is 4.08. The Kier molecular flexibility index (Phi) is 5.32. The first-order valence-corrected chi connectivity index (χ1v) is 10.9. The van der Waals surface area contributed by atoms with Gasteiger partial charge in [-0.25, -0.2) is 0 Å². The fourth-order valence-corrected chi connectivity index (χ4v) is 4.70. The number of carbonyl (C=O) groups excluding carboxylic acids is 1. The van der Waals surface area contributed by atoms with Crippen LogP contribution >= 0.6 is 0 Å². The van der Waals surface area contributed by atoms with Crippen molar-refractivity contribution in [3.63, 3.8) is 0 Å². The monoisotopic (exact) mass is 456 g/mol. The van der Waals surface area contributed by atoms with Crippen LogP contribution in [0.1, 0.15) is 44.4 Å². The largest absolute Gasteiger partial charge is 0.493 e. The van der Waals surface area contributed by atoms with Crippen molar-refractivity contribution in [2.75, 3.05) is 14.2 Å². The van der Waals surface area contributed by atoms with Gasteiger partial charge in [0.25, 0.3) is 5.91 Å². The molecule has 0 unspecified atom stereocenters. The SMILES string of the molecule is COc1ccc([C@@H]2c3c(oc4c(C)cc(C)cc4c3=O)C(=O)N2Cc2cccnc2)cc1OC. The fourth-order valence-electron chi connectivity index (χ4n) is 4.70. The number of ether oxygens (including phenoxy) is 2. The Labute approximate surface area is 196 Å². The number of aryl methyl sites for hydroxylation is 2. The number of rotatable bonds is 5. The Morgan fingerprint density at radius 1 is 1.03 bits per heavy atom. The Balaban J connectivity index is 1.76. The molecule has 0 bridgehead atoms. The van der Waals surface area contributed by atoms with Crippen LogP contribution in [0.2, 0.25) is 0 Å². The summed E-state index contributed by atoms with van der Waals surface area (Å²) < 4.78 is 17.0. The van der Waals surface area contributed by atoms with E-state index in [4.69, 9.17) is 13.9 Å². The minimum atomic E-state index is -0.649. The molecule has 5 rings (SSSR count). The van der Waals surface area contributed by atoms with Gasteiger partial charge in [-0.1, -0.05) is 18.2 Å². The van der Waals surface area contributed by atoms with Gasteiger partial charge in [0.2, 0.25) is 5.76 Å². The minimum Gasteiger partial charge on any atom is -0.493 e. The normalized spacial score (nSPS) is 15.0. The Hall–Kier alpha value is -4.13. The van der Waals surface area contributed by atoms with Crippen molar-refractivity contribution in [2.24, 2.45) is 0 Å². The van der Waals surface area contributed by atoms with E-state index in [9.17, 15) is 9.59 Å². The van der Waals surface area contributed by atoms with Gasteiger partial charge >= 0.3 is 0 Å². The molecule has 1 aliphatic heterocycles. The number of aromatic nitrogens is 1. The topological polar surface area (TPSA) is 81.9 Å². The molecule has 0 saturated carbocycles. The van der Waals surface area contributed by atoms with E-state index in [0.29, 0.717) is 28.0 Å². The minimum absolute atomic E-state index is 0.0770. The summed E-state index contributed by atoms with van der Waals surface area (Å²) in [6.07, 6.45) is 3.39. The molecule has 34 heavy (non-hydrogen) atoms. The van der Waals surface area contributed by atoms with Crippen molar-refractivity contribution in [3.8, 4) is 11.5 Å². The molecule has 0 spiro atoms. The standard InChI is InChI=1S/C27H24N2O5/c1-15-10-16(2)25-19(11-15)24(30)22-23(18-7-8-20(32-3)21(12-18)33-4)29(27(31)26(22)34-25)14-17-6-5-9-28-13-17/h5-13,23H,14H2,1-4H3/t23-/m1/s1. The van der Waals surface area contributed by atoms with Crippen LogP contribution in [0.4, 0.5) is 0 Å². The van der Waals surface area contributed by atoms with Crippen LogP contribution in [0.5, 0.6) is 11.5 Å². The summed E-state index contributed by atoms with van der Waals surface area (Å²) in [6, 6.07) is 12.2. The predicted molar refractivity (Wildman–Crippen MR) is 127 cm³/mol. The van der Waals surface area contributed by atoms with Crippen molar-refractivity contribution in [1.29, 1.82) is 0 Å². The molecular formula is C27H24N2O5. The van der Waals surface area contributed by atoms with Gasteiger partial charge in [-0.2, -0.15) is 0 Å². The average Bonchev–Trinajstić information content (AvgIpc) is 3.11. The Morgan fingerprint density at radius 3 is 2.53 bits per heavy atom. The first-order chi connectivity index (χ1) is 16.4. The van der Waals surface area contributed by atoms with E-state index in [1.807, 2.05) is 44.2 Å². The molecular weight excluding hydrogens is 432 g/mol. The van der Waals surface area contributed by atoms with Gasteiger partial charge in [-0.15, -0.1) is 0 Å². The molecule has 1 atom stereocenters. The molecule has 172 valence electrons. The third kappa shape index (κ3) is 3.41. The molecule has 1 amide bonds. The van der Waals surface area contributed by atoms with Gasteiger partial charge in [0.15, 0.2) is 16.9 Å². The lowest BCUT2D eigenvalue weighted by Crippen LogP contribution is -2.29. The molecule has 1 aliphatic rings. The number of carbonyl (C=O) groups is 1. The molecule has 2 aromatic carbocycles. The molecule has 2 aromatic heterocycles. The first-order valence-electron chi connectivity index (χ1n) is 10.9. The maximum Gasteiger partial charge on any atom is 0.291 e. The van der Waals surface area contributed by atoms with E-state index in [2.05, 4.69) is 4.98 Å². The van der Waals surface area contributed by atoms with Gasteiger partial charge in [0.1, 0.15) is 5.58 Å². The number of hydrogen-bond acceptors (Lipinski definition) is 6. The second-order valence-corrected chi connectivity index (χ2v) is 8.44. The van der Waals surface area contributed by atoms with Gasteiger partial charge in [0.05, 0.1) is 31.2 Å². The summed E-state index contributed by atoms with van der Waals surface area (Å²) in [5.41, 5.74) is 3.91. The number of amides is 1. The van der Waals surface area contributed by atoms with Crippen LogP contribution in [-0.2, 0) is 6.54 Å². The third-order valence-corrected chi connectivity index (χ3v) is 6.20. The second kappa shape index (κ2) is 8.33. The van der Waals surface area contributed by atoms with Crippen molar-refractivity contribution >= 4 is 16.9 Å². The van der Waals surface area contributed by atoms with Gasteiger partial charge < -0.3 is 18.8 Å². The molecule has 3 heterocycles. The van der Waals surface area contributed by atoms with Crippen LogP contribution in [-0.4, -0.2) is 30.0 Å². The lowest BCUT2D eigenvalue weighted by molar-refractivity contribution is 0.0714. The highest BCUT2D eigenvalue weighted by Gasteiger charge is 2.43. The highest BCUT2D eigenvalue weighted by Crippen LogP contribution is 2.42. The zero-order valence-electron chi connectivity index (χ0n) is 19.4. The smallest absolute Gasteiger partial charge is 0.291 e. The molecule has 4 aromatic rings. The van der Waals surface area contributed by atoms with E-state index < -0.39 is 6.04 Å². The highest BCUT2D eigenvalue weighted by atomic mass is 16.5. The first kappa shape index (κ1) is 21.7. The Bertz CT molecular complexity index is 1480. The number of benzene rings is 2. The van der Waals surface area contributed by atoms with Crippen LogP contribution < -0.4 is 14.9 Å². The summed E-state index contributed by atoms with van der Waals surface area (Å²) in [7, 11) is 3.11. The summed E-state index contributed by atoms with van der Waals surface area (Å²) in [5, 5.41) is 0.470. The highest BCUT2D eigenvalue weighted by molar-refractivity contribution is 5.99. The van der Waals surface area contributed by atoms with Gasteiger partial charge in [-0.05, 0) is 60.4 Å². The lowest BCUT2D eigenvalue weighted by atomic mass is 9.97. The number of fused-ring (bicyclic) bond motifs is 2. The van der Waals surface area contributed by atoms with Gasteiger partial charge in [-0.3, -0.25) is 14.6 Å².